The Labute approximate surface area is 95.6 Å². The van der Waals surface area contributed by atoms with Crippen LogP contribution in [0.25, 0.3) is 0 Å². The summed E-state index contributed by atoms with van der Waals surface area (Å²) < 4.78 is 37.0. The number of hydrogen-bond donors (Lipinski definition) is 0. The number of rotatable bonds is 1. The van der Waals surface area contributed by atoms with Gasteiger partial charge in [-0.2, -0.15) is 18.4 Å². The van der Waals surface area contributed by atoms with E-state index in [0.29, 0.717) is 6.07 Å². The lowest BCUT2D eigenvalue weighted by molar-refractivity contribution is -0.388. The van der Waals surface area contributed by atoms with Crippen molar-refractivity contribution in [1.82, 2.24) is 0 Å². The van der Waals surface area contributed by atoms with Gasteiger partial charge in [0.05, 0.1) is 15.0 Å². The molecule has 1 rings (SSSR count). The highest BCUT2D eigenvalue weighted by Gasteiger charge is 2.41. The summed E-state index contributed by atoms with van der Waals surface area (Å²) in [7, 11) is 0. The maximum absolute atomic E-state index is 12.5. The van der Waals surface area contributed by atoms with Gasteiger partial charge in [0.15, 0.2) is 0 Å². The first-order valence-corrected chi connectivity index (χ1v) is 4.52. The Bertz CT molecular complexity index is 493. The van der Waals surface area contributed by atoms with E-state index in [2.05, 4.69) is 15.9 Å². The van der Waals surface area contributed by atoms with Crippen molar-refractivity contribution in [3.63, 3.8) is 0 Å². The number of alkyl halides is 3. The normalized spacial score (nSPS) is 10.9. The van der Waals surface area contributed by atoms with E-state index in [0.717, 1.165) is 6.07 Å². The van der Waals surface area contributed by atoms with Crippen LogP contribution in [0.5, 0.6) is 0 Å². The summed E-state index contributed by atoms with van der Waals surface area (Å²) in [5.41, 5.74) is -2.84. The van der Waals surface area contributed by atoms with Gasteiger partial charge in [0.2, 0.25) is 0 Å². The highest BCUT2D eigenvalue weighted by Crippen LogP contribution is 2.42. The number of halogens is 4. The minimum atomic E-state index is -4.89. The molecule has 0 bridgehead atoms. The first kappa shape index (κ1) is 12.4. The smallest absolute Gasteiger partial charge is 0.258 e. The van der Waals surface area contributed by atoms with Gasteiger partial charge in [-0.3, -0.25) is 10.1 Å². The molecule has 84 valence electrons. The maximum Gasteiger partial charge on any atom is 0.424 e. The van der Waals surface area contributed by atoms with E-state index < -0.39 is 26.8 Å². The van der Waals surface area contributed by atoms with Crippen LogP contribution in [0.1, 0.15) is 11.1 Å². The fourth-order valence-corrected chi connectivity index (χ4v) is 1.72. The van der Waals surface area contributed by atoms with Crippen molar-refractivity contribution in [3.8, 4) is 6.07 Å². The lowest BCUT2D eigenvalue weighted by Gasteiger charge is -2.10. The van der Waals surface area contributed by atoms with Crippen molar-refractivity contribution in [2.45, 2.75) is 6.18 Å². The molecule has 0 spiro atoms. The number of nitro benzene ring substituents is 1. The van der Waals surface area contributed by atoms with Crippen LogP contribution in [0.3, 0.4) is 0 Å². The Balaban J connectivity index is 3.64. The summed E-state index contributed by atoms with van der Waals surface area (Å²) in [5, 5.41) is 18.9. The van der Waals surface area contributed by atoms with E-state index in [1.54, 1.807) is 0 Å². The standard InChI is InChI=1S/C8H2BrF3N2O2/c9-7-4(3-13)1-2-5(14(15)16)6(7)8(10,11)12/h1-2H. The monoisotopic (exact) mass is 294 g/mol. The molecule has 0 aromatic heterocycles. The van der Waals surface area contributed by atoms with Crippen molar-refractivity contribution in [1.29, 1.82) is 5.26 Å². The van der Waals surface area contributed by atoms with E-state index in [-0.39, 0.29) is 5.56 Å². The zero-order valence-electron chi connectivity index (χ0n) is 7.38. The third kappa shape index (κ3) is 2.14. The number of hydrogen-bond acceptors (Lipinski definition) is 3. The van der Waals surface area contributed by atoms with Gasteiger partial charge in [-0.15, -0.1) is 0 Å². The summed E-state index contributed by atoms with van der Waals surface area (Å²) in [6.45, 7) is 0. The molecule has 0 unspecified atom stereocenters. The maximum atomic E-state index is 12.5. The van der Waals surface area contributed by atoms with Crippen LogP contribution in [0.2, 0.25) is 0 Å². The quantitative estimate of drug-likeness (QED) is 0.590. The lowest BCUT2D eigenvalue weighted by Crippen LogP contribution is -2.10. The molecule has 1 aromatic rings. The summed E-state index contributed by atoms with van der Waals surface area (Å²) in [6.07, 6.45) is -4.89. The minimum Gasteiger partial charge on any atom is -0.258 e. The van der Waals surface area contributed by atoms with Gasteiger partial charge in [0, 0.05) is 6.07 Å². The van der Waals surface area contributed by atoms with Crippen LogP contribution in [0.4, 0.5) is 18.9 Å². The Hall–Kier alpha value is -1.62. The average molecular weight is 295 g/mol. The molecule has 0 saturated carbocycles. The second-order valence-electron chi connectivity index (χ2n) is 2.69. The number of benzene rings is 1. The van der Waals surface area contributed by atoms with Gasteiger partial charge in [-0.1, -0.05) is 0 Å². The molecule has 4 nitrogen and oxygen atoms in total. The summed E-state index contributed by atoms with van der Waals surface area (Å²) in [6, 6.07) is 3.12. The number of nitro groups is 1. The molecule has 0 aliphatic heterocycles. The van der Waals surface area contributed by atoms with Crippen LogP contribution in [-0.4, -0.2) is 4.92 Å². The SMILES string of the molecule is N#Cc1ccc([N+](=O)[O-])c(C(F)(F)F)c1Br. The number of nitriles is 1. The molecular weight excluding hydrogens is 293 g/mol. The second-order valence-corrected chi connectivity index (χ2v) is 3.48. The Kier molecular flexibility index (Phi) is 3.19. The fraction of sp³-hybridized carbons (Fsp3) is 0.125. The van der Waals surface area contributed by atoms with E-state index in [1.807, 2.05) is 0 Å². The zero-order chi connectivity index (χ0) is 12.5. The van der Waals surface area contributed by atoms with Crippen LogP contribution in [0.15, 0.2) is 16.6 Å². The average Bonchev–Trinajstić information content (AvgIpc) is 2.14. The number of nitrogens with zero attached hydrogens (tertiary/aromatic N) is 2. The van der Waals surface area contributed by atoms with Crippen LogP contribution in [0, 0.1) is 21.4 Å². The molecule has 1 aromatic carbocycles. The van der Waals surface area contributed by atoms with Gasteiger partial charge < -0.3 is 0 Å². The molecular formula is C8H2BrF3N2O2. The summed E-state index contributed by atoms with van der Waals surface area (Å²) in [4.78, 5) is 9.28. The summed E-state index contributed by atoms with van der Waals surface area (Å²) in [5.74, 6) is 0. The fourth-order valence-electron chi connectivity index (χ4n) is 1.07. The van der Waals surface area contributed by atoms with Crippen LogP contribution in [-0.2, 0) is 6.18 Å². The lowest BCUT2D eigenvalue weighted by atomic mass is 10.1. The molecule has 0 amide bonds. The predicted molar refractivity (Wildman–Crippen MR) is 50.5 cm³/mol. The Morgan fingerprint density at radius 1 is 1.44 bits per heavy atom. The highest BCUT2D eigenvalue weighted by atomic mass is 79.9. The molecule has 0 radical (unpaired) electrons. The molecule has 8 heteroatoms. The van der Waals surface area contributed by atoms with Crippen molar-refractivity contribution in [2.75, 3.05) is 0 Å². The van der Waals surface area contributed by atoms with Gasteiger partial charge in [-0.25, -0.2) is 0 Å². The minimum absolute atomic E-state index is 0.307. The molecule has 0 atom stereocenters. The summed E-state index contributed by atoms with van der Waals surface area (Å²) >= 11 is 2.55. The third-order valence-corrected chi connectivity index (χ3v) is 2.54. The molecule has 0 fully saturated rings. The molecule has 16 heavy (non-hydrogen) atoms. The first-order valence-electron chi connectivity index (χ1n) is 3.73. The topological polar surface area (TPSA) is 66.9 Å². The largest absolute Gasteiger partial charge is 0.424 e. The van der Waals surface area contributed by atoms with E-state index in [1.165, 1.54) is 6.07 Å². The van der Waals surface area contributed by atoms with Gasteiger partial charge in [0.1, 0.15) is 11.6 Å². The zero-order valence-corrected chi connectivity index (χ0v) is 8.96. The highest BCUT2D eigenvalue weighted by molar-refractivity contribution is 9.10. The second kappa shape index (κ2) is 4.09. The molecule has 0 saturated heterocycles. The molecule has 0 aliphatic carbocycles. The van der Waals surface area contributed by atoms with Crippen molar-refractivity contribution < 1.29 is 18.1 Å². The van der Waals surface area contributed by atoms with Gasteiger partial charge in [-0.05, 0) is 22.0 Å². The molecule has 0 heterocycles. The van der Waals surface area contributed by atoms with Gasteiger partial charge >= 0.3 is 6.18 Å². The van der Waals surface area contributed by atoms with E-state index >= 15 is 0 Å². The van der Waals surface area contributed by atoms with Crippen molar-refractivity contribution >= 4 is 21.6 Å². The first-order chi connectivity index (χ1) is 7.29. The van der Waals surface area contributed by atoms with E-state index in [9.17, 15) is 23.3 Å². The molecule has 0 aliphatic rings. The van der Waals surface area contributed by atoms with Crippen LogP contribution < -0.4 is 0 Å². The predicted octanol–water partition coefficient (Wildman–Crippen LogP) is 3.25. The molecule has 0 N–H and O–H groups in total. The van der Waals surface area contributed by atoms with Crippen molar-refractivity contribution in [3.05, 3.63) is 37.8 Å². The van der Waals surface area contributed by atoms with Crippen LogP contribution >= 0.6 is 15.9 Å². The van der Waals surface area contributed by atoms with E-state index in [4.69, 9.17) is 5.26 Å². The van der Waals surface area contributed by atoms with Gasteiger partial charge in [0.25, 0.3) is 5.69 Å². The van der Waals surface area contributed by atoms with Crippen molar-refractivity contribution in [2.24, 2.45) is 0 Å². The Morgan fingerprint density at radius 3 is 2.38 bits per heavy atom. The third-order valence-electron chi connectivity index (χ3n) is 1.72. The Morgan fingerprint density at radius 2 is 2.00 bits per heavy atom.